The van der Waals surface area contributed by atoms with Crippen molar-refractivity contribution in [1.29, 1.82) is 0 Å². The van der Waals surface area contributed by atoms with Crippen LogP contribution in [-0.4, -0.2) is 14.3 Å². The Morgan fingerprint density at radius 3 is 2.31 bits per heavy atom. The highest BCUT2D eigenvalue weighted by Gasteiger charge is 2.15. The van der Waals surface area contributed by atoms with E-state index in [1.54, 1.807) is 0 Å². The summed E-state index contributed by atoms with van der Waals surface area (Å²) < 4.78 is 28.3. The smallest absolute Gasteiger partial charge is 0.255 e. The van der Waals surface area contributed by atoms with Gasteiger partial charge in [0.05, 0.1) is 4.90 Å². The fourth-order valence-corrected chi connectivity index (χ4v) is 4.29. The Morgan fingerprint density at radius 2 is 1.69 bits per heavy atom. The van der Waals surface area contributed by atoms with Crippen LogP contribution in [0.1, 0.15) is 15.2 Å². The normalized spacial score (nSPS) is 11.3. The summed E-state index contributed by atoms with van der Waals surface area (Å²) in [5.74, 6) is -0.290. The molecule has 0 radical (unpaired) electrons. The molecule has 0 bridgehead atoms. The van der Waals surface area contributed by atoms with Crippen LogP contribution in [0.3, 0.4) is 0 Å². The number of carbonyl (C=O) groups excluding carboxylic acids is 1. The van der Waals surface area contributed by atoms with Crippen molar-refractivity contribution < 1.29 is 13.2 Å². The number of thiophene rings is 1. The summed E-state index contributed by atoms with van der Waals surface area (Å²) in [5, 5.41) is 4.67. The van der Waals surface area contributed by atoms with Gasteiger partial charge in [-0.2, -0.15) is 0 Å². The molecule has 8 heteroatoms. The van der Waals surface area contributed by atoms with E-state index < -0.39 is 10.0 Å². The molecule has 0 aliphatic heterocycles. The molecule has 0 spiro atoms. The molecule has 2 aromatic carbocycles. The number of benzene rings is 2. The average Bonchev–Trinajstić information content (AvgIpc) is 3.16. The molecule has 1 aromatic heterocycles. The van der Waals surface area contributed by atoms with Gasteiger partial charge >= 0.3 is 0 Å². The van der Waals surface area contributed by atoms with Crippen molar-refractivity contribution >= 4 is 55.5 Å². The number of halogens is 1. The summed E-state index contributed by atoms with van der Waals surface area (Å²) in [6.45, 7) is 0.245. The molecule has 0 aliphatic carbocycles. The maximum absolute atomic E-state index is 12.3. The minimum Gasteiger partial charge on any atom is -0.322 e. The van der Waals surface area contributed by atoms with Crippen molar-refractivity contribution in [3.05, 3.63) is 80.1 Å². The molecule has 0 unspecified atom stereocenters. The number of hydrogen-bond acceptors (Lipinski definition) is 4. The molecular formula is C18H15IN2O3S2. The average molecular weight is 498 g/mol. The summed E-state index contributed by atoms with van der Waals surface area (Å²) >= 11 is 3.67. The maximum Gasteiger partial charge on any atom is 0.255 e. The number of hydrogen-bond donors (Lipinski definition) is 2. The number of amides is 1. The second-order valence-electron chi connectivity index (χ2n) is 5.39. The van der Waals surface area contributed by atoms with Gasteiger partial charge in [-0.25, -0.2) is 13.1 Å². The van der Waals surface area contributed by atoms with E-state index >= 15 is 0 Å². The van der Waals surface area contributed by atoms with Crippen molar-refractivity contribution in [2.75, 3.05) is 5.32 Å². The first-order valence-electron chi connectivity index (χ1n) is 7.63. The van der Waals surface area contributed by atoms with E-state index in [4.69, 9.17) is 0 Å². The predicted molar refractivity (Wildman–Crippen MR) is 112 cm³/mol. The Bertz CT molecular complexity index is 984. The number of carbonyl (C=O) groups is 1. The third-order valence-electron chi connectivity index (χ3n) is 3.55. The molecule has 1 heterocycles. The highest BCUT2D eigenvalue weighted by Crippen LogP contribution is 2.16. The SMILES string of the molecule is O=C(Nc1ccc(I)cc1)c1ccc(S(=O)(=O)NCc2cccs2)cc1. The summed E-state index contributed by atoms with van der Waals surface area (Å²) in [5.41, 5.74) is 1.07. The Morgan fingerprint density at radius 1 is 1.00 bits per heavy atom. The third-order valence-corrected chi connectivity index (χ3v) is 6.56. The van der Waals surface area contributed by atoms with Gasteiger partial charge in [0.25, 0.3) is 5.91 Å². The Hall–Kier alpha value is -1.75. The molecule has 2 N–H and O–H groups in total. The van der Waals surface area contributed by atoms with Crippen LogP contribution in [-0.2, 0) is 16.6 Å². The second kappa shape index (κ2) is 8.30. The van der Waals surface area contributed by atoms with Crippen LogP contribution in [0.5, 0.6) is 0 Å². The fraction of sp³-hybridized carbons (Fsp3) is 0.0556. The molecule has 0 atom stereocenters. The summed E-state index contributed by atoms with van der Waals surface area (Å²) in [6.07, 6.45) is 0. The van der Waals surface area contributed by atoms with Crippen LogP contribution in [0.25, 0.3) is 0 Å². The number of sulfonamides is 1. The molecule has 3 rings (SSSR count). The first-order valence-corrected chi connectivity index (χ1v) is 11.1. The second-order valence-corrected chi connectivity index (χ2v) is 9.43. The minimum absolute atomic E-state index is 0.125. The Labute approximate surface area is 169 Å². The summed E-state index contributed by atoms with van der Waals surface area (Å²) in [7, 11) is -3.62. The topological polar surface area (TPSA) is 75.3 Å². The van der Waals surface area contributed by atoms with Crippen LogP contribution < -0.4 is 10.0 Å². The van der Waals surface area contributed by atoms with Crippen LogP contribution in [0.2, 0.25) is 0 Å². The molecule has 3 aromatic rings. The van der Waals surface area contributed by atoms with Gasteiger partial charge in [-0.3, -0.25) is 4.79 Å². The van der Waals surface area contributed by atoms with E-state index in [-0.39, 0.29) is 17.3 Å². The van der Waals surface area contributed by atoms with Gasteiger partial charge in [-0.1, -0.05) is 6.07 Å². The highest BCUT2D eigenvalue weighted by molar-refractivity contribution is 14.1. The molecule has 0 saturated carbocycles. The zero-order chi connectivity index (χ0) is 18.6. The van der Waals surface area contributed by atoms with Crippen LogP contribution >= 0.6 is 33.9 Å². The van der Waals surface area contributed by atoms with E-state index in [1.807, 2.05) is 41.8 Å². The Balaban J connectivity index is 1.67. The first kappa shape index (κ1) is 19.0. The van der Waals surface area contributed by atoms with Crippen molar-refractivity contribution in [2.45, 2.75) is 11.4 Å². The highest BCUT2D eigenvalue weighted by atomic mass is 127. The molecule has 134 valence electrons. The van der Waals surface area contributed by atoms with Crippen LogP contribution in [0, 0.1) is 3.57 Å². The van der Waals surface area contributed by atoms with Crippen molar-refractivity contribution in [3.63, 3.8) is 0 Å². The van der Waals surface area contributed by atoms with Crippen molar-refractivity contribution in [1.82, 2.24) is 4.72 Å². The molecule has 0 fully saturated rings. The first-order chi connectivity index (χ1) is 12.4. The van der Waals surface area contributed by atoms with Gasteiger partial charge in [0.2, 0.25) is 10.0 Å². The van der Waals surface area contributed by atoms with Crippen LogP contribution in [0.15, 0.2) is 70.9 Å². The van der Waals surface area contributed by atoms with E-state index in [2.05, 4.69) is 32.6 Å². The summed E-state index contributed by atoms with van der Waals surface area (Å²) in [4.78, 5) is 13.3. The maximum atomic E-state index is 12.3. The number of anilines is 1. The fourth-order valence-electron chi connectivity index (χ4n) is 2.18. The van der Waals surface area contributed by atoms with E-state index in [1.165, 1.54) is 35.6 Å². The van der Waals surface area contributed by atoms with Crippen LogP contribution in [0.4, 0.5) is 5.69 Å². The van der Waals surface area contributed by atoms with Gasteiger partial charge < -0.3 is 5.32 Å². The zero-order valence-electron chi connectivity index (χ0n) is 13.5. The molecule has 0 aliphatic rings. The molecule has 26 heavy (non-hydrogen) atoms. The molecule has 5 nitrogen and oxygen atoms in total. The largest absolute Gasteiger partial charge is 0.322 e. The molecule has 1 amide bonds. The van der Waals surface area contributed by atoms with Gasteiger partial charge in [0, 0.05) is 26.2 Å². The minimum atomic E-state index is -3.62. The predicted octanol–water partition coefficient (Wildman–Crippen LogP) is 4.08. The molecule has 0 saturated heterocycles. The zero-order valence-corrected chi connectivity index (χ0v) is 17.3. The monoisotopic (exact) mass is 498 g/mol. The summed E-state index contributed by atoms with van der Waals surface area (Å²) in [6, 6.07) is 17.0. The van der Waals surface area contributed by atoms with E-state index in [0.29, 0.717) is 11.3 Å². The lowest BCUT2D eigenvalue weighted by molar-refractivity contribution is 0.102. The lowest BCUT2D eigenvalue weighted by atomic mass is 10.2. The van der Waals surface area contributed by atoms with Gasteiger partial charge in [0.1, 0.15) is 0 Å². The van der Waals surface area contributed by atoms with Gasteiger partial charge in [0.15, 0.2) is 0 Å². The molecular weight excluding hydrogens is 483 g/mol. The number of rotatable bonds is 6. The quantitative estimate of drug-likeness (QED) is 0.503. The van der Waals surface area contributed by atoms with E-state index in [0.717, 1.165) is 8.45 Å². The third kappa shape index (κ3) is 4.91. The van der Waals surface area contributed by atoms with Crippen molar-refractivity contribution in [2.24, 2.45) is 0 Å². The Kier molecular flexibility index (Phi) is 6.07. The standard InChI is InChI=1S/C18H15IN2O3S2/c19-14-5-7-15(8-6-14)21-18(22)13-3-9-17(10-4-13)26(23,24)20-12-16-2-1-11-25-16/h1-11,20H,12H2,(H,21,22). The van der Waals surface area contributed by atoms with E-state index in [9.17, 15) is 13.2 Å². The lowest BCUT2D eigenvalue weighted by Gasteiger charge is -2.08. The van der Waals surface area contributed by atoms with Gasteiger partial charge in [-0.05, 0) is 82.6 Å². The number of nitrogens with one attached hydrogen (secondary N) is 2. The van der Waals surface area contributed by atoms with Gasteiger partial charge in [-0.15, -0.1) is 11.3 Å². The van der Waals surface area contributed by atoms with Crippen molar-refractivity contribution in [3.8, 4) is 0 Å². The lowest BCUT2D eigenvalue weighted by Crippen LogP contribution is -2.23.